The van der Waals surface area contributed by atoms with Crippen molar-refractivity contribution in [2.24, 2.45) is 4.99 Å². The van der Waals surface area contributed by atoms with Crippen LogP contribution in [-0.4, -0.2) is 86.6 Å². The molecule has 0 unspecified atom stereocenters. The predicted molar refractivity (Wildman–Crippen MR) is 223 cm³/mol. The molecule has 2 saturated heterocycles. The molecule has 8 rings (SSSR count). The third kappa shape index (κ3) is 8.76. The second kappa shape index (κ2) is 18.4. The summed E-state index contributed by atoms with van der Waals surface area (Å²) >= 11 is 0. The maximum atomic E-state index is 13.9. The third-order valence-electron chi connectivity index (χ3n) is 11.2. The van der Waals surface area contributed by atoms with Crippen LogP contribution in [0.5, 0.6) is 0 Å². The summed E-state index contributed by atoms with van der Waals surface area (Å²) in [6.45, 7) is 1.15. The fraction of sp³-hybridized carbons (Fsp3) is 0.311. The normalized spacial score (nSPS) is 17.6. The molecule has 4 heterocycles. The lowest BCUT2D eigenvalue weighted by Crippen LogP contribution is -2.42. The number of nitrogens with one attached hydrogen (secondary N) is 3. The molecular formula is C45H47N9O6. The monoisotopic (exact) mass is 809 g/mol. The van der Waals surface area contributed by atoms with Gasteiger partial charge in [-0.2, -0.15) is 9.99 Å². The van der Waals surface area contributed by atoms with E-state index in [9.17, 15) is 14.4 Å². The van der Waals surface area contributed by atoms with Crippen molar-refractivity contribution < 1.29 is 28.9 Å². The number of benzene rings is 4. The van der Waals surface area contributed by atoms with Gasteiger partial charge < -0.3 is 29.7 Å². The molecule has 0 radical (unpaired) electrons. The lowest BCUT2D eigenvalue weighted by Gasteiger charge is -2.28. The summed E-state index contributed by atoms with van der Waals surface area (Å²) < 4.78 is 4.82. The first kappa shape index (κ1) is 39.9. The van der Waals surface area contributed by atoms with Gasteiger partial charge in [0.2, 0.25) is 6.40 Å². The maximum absolute atomic E-state index is 13.9. The Balaban J connectivity index is 0.904. The number of likely N-dealkylation sites (tertiary alicyclic amines) is 2. The molecule has 0 aliphatic carbocycles. The standard InChI is InChI=1S/C45H47N9O6/c1-58-45(57)49-39(32-13-7-4-8-14-32)44(56)54-26-10-16-37(54)42-50-40(51-52-42)33-22-19-29(20-23-33)17-18-30-21-24-34-35(27-30)48-41(47-34)36-15-9-25-53(36)43(55)38(46-28-60-59-2)31-11-5-3-6-12-31/h3-8,11-14,19-24,27-28,36-39H,9-10,15-18,25-26H2,1-2H3,(H,47,48)(H,49,57)(H,50,51,52)/t36-,37-,38+,39-/m0/s1. The second-order valence-electron chi connectivity index (χ2n) is 14.9. The van der Waals surface area contributed by atoms with Crippen molar-refractivity contribution in [2.45, 2.75) is 62.7 Å². The van der Waals surface area contributed by atoms with Gasteiger partial charge in [-0.15, -0.1) is 0 Å². The Hall–Kier alpha value is -6.87. The predicted octanol–water partition coefficient (Wildman–Crippen LogP) is 6.91. The molecule has 2 aliphatic heterocycles. The third-order valence-corrected chi connectivity index (χ3v) is 11.2. The first-order valence-corrected chi connectivity index (χ1v) is 20.2. The SMILES string of the molecule is COOC=N[C@@H](C(=O)N1CCC[C@H]1c1nc2ccc(CCc3ccc(-c4n[nH]c([C@@H]5CCCN5C(=O)[C@@H](NC(=O)OC)c5ccccc5)n4)cc3)cc2[nH]1)c1ccccc1. The number of carbonyl (C=O) groups excluding carboxylic acids is 3. The van der Waals surface area contributed by atoms with Crippen LogP contribution in [0.15, 0.2) is 108 Å². The first-order chi connectivity index (χ1) is 29.4. The van der Waals surface area contributed by atoms with Crippen LogP contribution in [-0.2, 0) is 36.9 Å². The number of carbonyl (C=O) groups is 3. The number of ether oxygens (including phenoxy) is 1. The van der Waals surface area contributed by atoms with Gasteiger partial charge in [0.05, 0.1) is 37.3 Å². The number of rotatable bonds is 14. The Morgan fingerprint density at radius 1 is 0.800 bits per heavy atom. The Morgan fingerprint density at radius 2 is 1.45 bits per heavy atom. The number of imidazole rings is 1. The summed E-state index contributed by atoms with van der Waals surface area (Å²) in [5.41, 5.74) is 6.43. The van der Waals surface area contributed by atoms with Gasteiger partial charge in [0, 0.05) is 18.7 Å². The Labute approximate surface area is 347 Å². The van der Waals surface area contributed by atoms with E-state index in [2.05, 4.69) is 54.6 Å². The molecule has 3 N–H and O–H groups in total. The molecule has 0 saturated carbocycles. The molecular weight excluding hydrogens is 763 g/mol. The van der Waals surface area contributed by atoms with Crippen LogP contribution in [0.4, 0.5) is 4.79 Å². The highest BCUT2D eigenvalue weighted by Gasteiger charge is 2.38. The zero-order valence-corrected chi connectivity index (χ0v) is 33.5. The minimum atomic E-state index is -0.893. The molecule has 15 heteroatoms. The van der Waals surface area contributed by atoms with Crippen LogP contribution < -0.4 is 5.32 Å². The largest absolute Gasteiger partial charge is 0.453 e. The number of aliphatic imine (C=N–C) groups is 1. The van der Waals surface area contributed by atoms with E-state index in [1.807, 2.05) is 83.8 Å². The number of aromatic nitrogens is 5. The van der Waals surface area contributed by atoms with Crippen LogP contribution in [0.25, 0.3) is 22.4 Å². The van der Waals surface area contributed by atoms with E-state index in [0.717, 1.165) is 72.9 Å². The summed E-state index contributed by atoms with van der Waals surface area (Å²) in [5, 5.41) is 10.3. The van der Waals surface area contributed by atoms with Crippen molar-refractivity contribution in [3.8, 4) is 11.4 Å². The van der Waals surface area contributed by atoms with Crippen LogP contribution in [0.2, 0.25) is 0 Å². The fourth-order valence-electron chi connectivity index (χ4n) is 8.17. The number of H-pyrrole nitrogens is 2. The maximum Gasteiger partial charge on any atom is 0.407 e. The van der Waals surface area contributed by atoms with E-state index < -0.39 is 18.2 Å². The molecule has 0 spiro atoms. The molecule has 2 aromatic heterocycles. The molecule has 2 aliphatic rings. The van der Waals surface area contributed by atoms with Crippen molar-refractivity contribution in [3.63, 3.8) is 0 Å². The number of methoxy groups -OCH3 is 1. The number of alkyl carbamates (subject to hydrolysis) is 1. The van der Waals surface area contributed by atoms with Gasteiger partial charge in [-0.25, -0.2) is 19.8 Å². The number of hydrogen-bond donors (Lipinski definition) is 3. The average molecular weight is 810 g/mol. The lowest BCUT2D eigenvalue weighted by molar-refractivity contribution is -0.188. The number of aromatic amines is 2. The Morgan fingerprint density at radius 3 is 2.15 bits per heavy atom. The minimum absolute atomic E-state index is 0.119. The van der Waals surface area contributed by atoms with Gasteiger partial charge in [-0.3, -0.25) is 14.7 Å². The average Bonchev–Trinajstić information content (AvgIpc) is 4.13. The Bertz CT molecular complexity index is 2440. The summed E-state index contributed by atoms with van der Waals surface area (Å²) in [6, 6.07) is 30.9. The summed E-state index contributed by atoms with van der Waals surface area (Å²) in [7, 11) is 2.66. The molecule has 0 bridgehead atoms. The fourth-order valence-corrected chi connectivity index (χ4v) is 8.17. The van der Waals surface area contributed by atoms with E-state index in [4.69, 9.17) is 19.6 Å². The zero-order valence-electron chi connectivity index (χ0n) is 33.5. The van der Waals surface area contributed by atoms with Crippen LogP contribution >= 0.6 is 0 Å². The minimum Gasteiger partial charge on any atom is -0.453 e. The van der Waals surface area contributed by atoms with E-state index in [0.29, 0.717) is 30.3 Å². The Kier molecular flexibility index (Phi) is 12.2. The number of hydrogen-bond acceptors (Lipinski definition) is 10. The number of nitrogens with zero attached hydrogens (tertiary/aromatic N) is 6. The number of aryl methyl sites for hydroxylation is 2. The van der Waals surface area contributed by atoms with Crippen molar-refractivity contribution in [1.82, 2.24) is 40.3 Å². The van der Waals surface area contributed by atoms with Crippen molar-refractivity contribution in [3.05, 3.63) is 137 Å². The van der Waals surface area contributed by atoms with Crippen LogP contribution in [0.3, 0.4) is 0 Å². The first-order valence-electron chi connectivity index (χ1n) is 20.2. The topological polar surface area (TPSA) is 180 Å². The summed E-state index contributed by atoms with van der Waals surface area (Å²) in [5.74, 6) is 1.57. The van der Waals surface area contributed by atoms with E-state index in [1.165, 1.54) is 25.3 Å². The molecule has 6 aromatic rings. The number of fused-ring (bicyclic) bond motifs is 1. The molecule has 4 atom stereocenters. The van der Waals surface area contributed by atoms with Crippen LogP contribution in [0.1, 0.15) is 83.8 Å². The van der Waals surface area contributed by atoms with Gasteiger partial charge >= 0.3 is 6.09 Å². The molecule has 308 valence electrons. The van der Waals surface area contributed by atoms with Crippen molar-refractivity contribution >= 4 is 35.3 Å². The smallest absolute Gasteiger partial charge is 0.407 e. The highest BCUT2D eigenvalue weighted by Crippen LogP contribution is 2.36. The van der Waals surface area contributed by atoms with E-state index in [-0.39, 0.29) is 23.9 Å². The highest BCUT2D eigenvalue weighted by molar-refractivity contribution is 5.87. The van der Waals surface area contributed by atoms with Gasteiger partial charge in [-0.1, -0.05) is 91.0 Å². The number of amides is 3. The summed E-state index contributed by atoms with van der Waals surface area (Å²) in [6.07, 6.45) is 5.32. The molecule has 15 nitrogen and oxygen atoms in total. The molecule has 2 fully saturated rings. The van der Waals surface area contributed by atoms with Crippen molar-refractivity contribution in [2.75, 3.05) is 27.3 Å². The quantitative estimate of drug-likeness (QED) is 0.0457. The van der Waals surface area contributed by atoms with Gasteiger partial charge in [-0.05, 0) is 72.9 Å². The van der Waals surface area contributed by atoms with Gasteiger partial charge in [0.1, 0.15) is 17.7 Å². The molecule has 4 aromatic carbocycles. The summed E-state index contributed by atoms with van der Waals surface area (Å²) in [4.78, 5) is 70.8. The van der Waals surface area contributed by atoms with Gasteiger partial charge in [0.25, 0.3) is 11.8 Å². The lowest BCUT2D eigenvalue weighted by atomic mass is 10.0. The van der Waals surface area contributed by atoms with E-state index in [1.54, 1.807) is 4.90 Å². The van der Waals surface area contributed by atoms with E-state index >= 15 is 0 Å². The highest BCUT2D eigenvalue weighted by atomic mass is 17.2. The second-order valence-corrected chi connectivity index (χ2v) is 14.9. The van der Waals surface area contributed by atoms with Crippen LogP contribution in [0, 0.1) is 0 Å². The molecule has 60 heavy (non-hydrogen) atoms. The molecule has 3 amide bonds. The zero-order chi connectivity index (χ0) is 41.4. The van der Waals surface area contributed by atoms with Gasteiger partial charge in [0.15, 0.2) is 11.9 Å². The van der Waals surface area contributed by atoms with Crippen molar-refractivity contribution in [1.29, 1.82) is 0 Å².